The molecular weight excluding hydrogens is 434 g/mol. The summed E-state index contributed by atoms with van der Waals surface area (Å²) in [5, 5.41) is 10.5. The van der Waals surface area contributed by atoms with Crippen molar-refractivity contribution in [3.63, 3.8) is 0 Å². The number of imide groups is 1. The Morgan fingerprint density at radius 3 is 2.53 bits per heavy atom. The summed E-state index contributed by atoms with van der Waals surface area (Å²) < 4.78 is 6.87. The number of carbonyl (C=O) groups excluding carboxylic acids is 3. The molecule has 1 saturated heterocycles. The number of hydrogen-bond donors (Lipinski definition) is 0. The Kier molecular flexibility index (Phi) is 6.54. The van der Waals surface area contributed by atoms with Crippen LogP contribution in [0.3, 0.4) is 0 Å². The van der Waals surface area contributed by atoms with Crippen molar-refractivity contribution in [1.29, 1.82) is 0 Å². The number of hydrogen-bond acceptors (Lipinski definition) is 7. The zero-order valence-electron chi connectivity index (χ0n) is 18.4. The van der Waals surface area contributed by atoms with Crippen LogP contribution in [0.5, 0.6) is 0 Å². The highest BCUT2D eigenvalue weighted by Gasteiger charge is 2.41. The van der Waals surface area contributed by atoms with Crippen LogP contribution in [0.4, 0.5) is 10.5 Å². The van der Waals surface area contributed by atoms with Gasteiger partial charge < -0.3 is 9.30 Å². The predicted molar refractivity (Wildman–Crippen MR) is 121 cm³/mol. The zero-order valence-corrected chi connectivity index (χ0v) is 19.2. The SMILES string of the molecule is CCOC(=O)[C@@H](C)N1C(=O)S/C(=C/c2cc(C)n(-c3ccc([N+](=O)[O-])cc3C)c2C)C1=O. The number of aromatic nitrogens is 1. The molecule has 9 nitrogen and oxygen atoms in total. The Hall–Kier alpha value is -3.40. The van der Waals surface area contributed by atoms with Crippen LogP contribution in [0.2, 0.25) is 0 Å². The number of amides is 2. The van der Waals surface area contributed by atoms with Gasteiger partial charge in [0.2, 0.25) is 0 Å². The van der Waals surface area contributed by atoms with E-state index in [1.165, 1.54) is 19.1 Å². The van der Waals surface area contributed by atoms with Gasteiger partial charge in [-0.25, -0.2) is 4.79 Å². The molecule has 0 bridgehead atoms. The van der Waals surface area contributed by atoms with Gasteiger partial charge in [0.25, 0.3) is 16.8 Å². The summed E-state index contributed by atoms with van der Waals surface area (Å²) >= 11 is 0.775. The third kappa shape index (κ3) is 4.18. The van der Waals surface area contributed by atoms with E-state index in [0.717, 1.165) is 44.9 Å². The molecule has 1 atom stereocenters. The van der Waals surface area contributed by atoms with E-state index < -0.39 is 28.1 Å². The molecule has 2 heterocycles. The minimum Gasteiger partial charge on any atom is -0.464 e. The molecule has 10 heteroatoms. The van der Waals surface area contributed by atoms with E-state index in [2.05, 4.69) is 0 Å². The highest BCUT2D eigenvalue weighted by atomic mass is 32.2. The average molecular weight is 458 g/mol. The number of esters is 1. The van der Waals surface area contributed by atoms with Crippen molar-refractivity contribution in [1.82, 2.24) is 9.47 Å². The molecule has 0 radical (unpaired) electrons. The lowest BCUT2D eigenvalue weighted by molar-refractivity contribution is -0.384. The fraction of sp³-hybridized carbons (Fsp3) is 0.318. The minimum atomic E-state index is -1.01. The summed E-state index contributed by atoms with van der Waals surface area (Å²) in [7, 11) is 0. The first kappa shape index (κ1) is 23.3. The third-order valence-corrected chi connectivity index (χ3v) is 6.11. The van der Waals surface area contributed by atoms with E-state index in [0.29, 0.717) is 0 Å². The number of nitro groups is 1. The first-order valence-electron chi connectivity index (χ1n) is 9.94. The fourth-order valence-electron chi connectivity index (χ4n) is 3.63. The van der Waals surface area contributed by atoms with Crippen molar-refractivity contribution < 1.29 is 24.0 Å². The molecule has 0 spiro atoms. The van der Waals surface area contributed by atoms with Crippen LogP contribution in [-0.4, -0.2) is 44.2 Å². The summed E-state index contributed by atoms with van der Waals surface area (Å²) in [6.07, 6.45) is 1.63. The van der Waals surface area contributed by atoms with Crippen molar-refractivity contribution in [2.24, 2.45) is 0 Å². The number of non-ortho nitro benzene ring substituents is 1. The lowest BCUT2D eigenvalue weighted by atomic mass is 10.1. The highest BCUT2D eigenvalue weighted by molar-refractivity contribution is 8.18. The average Bonchev–Trinajstić information content (AvgIpc) is 3.16. The van der Waals surface area contributed by atoms with Gasteiger partial charge in [-0.15, -0.1) is 0 Å². The standard InChI is InChI=1S/C22H23N3O6S/c1-6-31-21(27)15(5)24-20(26)19(32-22(24)28)11-16-10-13(3)23(14(16)4)18-8-7-17(25(29)30)9-12(18)2/h7-11,15H,6H2,1-5H3/b19-11+/t15-/m1/s1. The lowest BCUT2D eigenvalue weighted by Gasteiger charge is -2.19. The molecule has 1 aromatic heterocycles. The van der Waals surface area contributed by atoms with Crippen LogP contribution in [0.25, 0.3) is 11.8 Å². The smallest absolute Gasteiger partial charge is 0.329 e. The van der Waals surface area contributed by atoms with Crippen molar-refractivity contribution in [2.45, 2.75) is 40.7 Å². The van der Waals surface area contributed by atoms with E-state index in [-0.39, 0.29) is 17.2 Å². The van der Waals surface area contributed by atoms with E-state index in [1.807, 2.05) is 24.5 Å². The maximum absolute atomic E-state index is 12.8. The highest BCUT2D eigenvalue weighted by Crippen LogP contribution is 2.35. The van der Waals surface area contributed by atoms with E-state index >= 15 is 0 Å². The van der Waals surface area contributed by atoms with Crippen LogP contribution in [0.15, 0.2) is 29.2 Å². The number of nitro benzene ring substituents is 1. The number of aryl methyl sites for hydroxylation is 2. The third-order valence-electron chi connectivity index (χ3n) is 5.23. The van der Waals surface area contributed by atoms with Crippen molar-refractivity contribution in [3.05, 3.63) is 61.8 Å². The Morgan fingerprint density at radius 1 is 1.25 bits per heavy atom. The van der Waals surface area contributed by atoms with Gasteiger partial charge in [0.1, 0.15) is 6.04 Å². The molecule has 168 valence electrons. The number of ether oxygens (including phenoxy) is 1. The molecule has 1 aliphatic rings. The molecule has 2 aromatic rings. The van der Waals surface area contributed by atoms with Crippen LogP contribution in [-0.2, 0) is 14.3 Å². The van der Waals surface area contributed by atoms with Crippen LogP contribution >= 0.6 is 11.8 Å². The van der Waals surface area contributed by atoms with Crippen LogP contribution < -0.4 is 0 Å². The Bertz CT molecular complexity index is 1170. The molecule has 0 unspecified atom stereocenters. The molecular formula is C22H23N3O6S. The van der Waals surface area contributed by atoms with Crippen LogP contribution in [0.1, 0.15) is 36.4 Å². The van der Waals surface area contributed by atoms with Gasteiger partial charge >= 0.3 is 5.97 Å². The normalized spacial score (nSPS) is 16.0. The summed E-state index contributed by atoms with van der Waals surface area (Å²) in [6, 6.07) is 5.51. The summed E-state index contributed by atoms with van der Waals surface area (Å²) in [4.78, 5) is 49.0. The van der Waals surface area contributed by atoms with E-state index in [4.69, 9.17) is 4.74 Å². The molecule has 2 amide bonds. The lowest BCUT2D eigenvalue weighted by Crippen LogP contribution is -2.42. The Labute approximate surface area is 189 Å². The second-order valence-corrected chi connectivity index (χ2v) is 8.36. The van der Waals surface area contributed by atoms with E-state index in [9.17, 15) is 24.5 Å². The molecule has 1 aromatic carbocycles. The van der Waals surface area contributed by atoms with Gasteiger partial charge in [-0.1, -0.05) is 0 Å². The summed E-state index contributed by atoms with van der Waals surface area (Å²) in [6.45, 7) is 8.82. The number of benzene rings is 1. The van der Waals surface area contributed by atoms with Crippen molar-refractivity contribution in [3.8, 4) is 5.69 Å². The maximum atomic E-state index is 12.8. The Morgan fingerprint density at radius 2 is 1.94 bits per heavy atom. The van der Waals surface area contributed by atoms with Gasteiger partial charge in [-0.3, -0.25) is 24.6 Å². The largest absolute Gasteiger partial charge is 0.464 e. The molecule has 0 N–H and O–H groups in total. The Balaban J connectivity index is 1.96. The number of thioether (sulfide) groups is 1. The minimum absolute atomic E-state index is 0.0123. The summed E-state index contributed by atoms with van der Waals surface area (Å²) in [5.74, 6) is -1.18. The monoisotopic (exact) mass is 457 g/mol. The maximum Gasteiger partial charge on any atom is 0.329 e. The second-order valence-electron chi connectivity index (χ2n) is 7.37. The number of rotatable bonds is 6. The van der Waals surface area contributed by atoms with Gasteiger partial charge in [-0.2, -0.15) is 0 Å². The first-order valence-corrected chi connectivity index (χ1v) is 10.8. The molecule has 0 saturated carbocycles. The molecule has 1 fully saturated rings. The van der Waals surface area contributed by atoms with Gasteiger partial charge in [-0.05, 0) is 75.7 Å². The molecule has 3 rings (SSSR count). The predicted octanol–water partition coefficient (Wildman–Crippen LogP) is 4.30. The number of nitrogens with zero attached hydrogens (tertiary/aromatic N) is 3. The van der Waals surface area contributed by atoms with Gasteiger partial charge in [0.05, 0.1) is 16.4 Å². The molecule has 0 aliphatic carbocycles. The van der Waals surface area contributed by atoms with Crippen molar-refractivity contribution >= 4 is 40.6 Å². The first-order chi connectivity index (χ1) is 15.1. The molecule has 1 aliphatic heterocycles. The zero-order chi connectivity index (χ0) is 23.7. The quantitative estimate of drug-likeness (QED) is 0.275. The molecule has 32 heavy (non-hydrogen) atoms. The van der Waals surface area contributed by atoms with Gasteiger partial charge in [0, 0.05) is 29.2 Å². The number of carbonyl (C=O) groups is 3. The van der Waals surface area contributed by atoms with Crippen LogP contribution in [0, 0.1) is 30.9 Å². The fourth-order valence-corrected chi connectivity index (χ4v) is 4.53. The van der Waals surface area contributed by atoms with Gasteiger partial charge in [0.15, 0.2) is 0 Å². The topological polar surface area (TPSA) is 112 Å². The second kappa shape index (κ2) is 8.99. The summed E-state index contributed by atoms with van der Waals surface area (Å²) in [5.41, 5.74) is 3.94. The van der Waals surface area contributed by atoms with Crippen molar-refractivity contribution in [2.75, 3.05) is 6.61 Å². The van der Waals surface area contributed by atoms with E-state index in [1.54, 1.807) is 26.0 Å².